The molecule has 0 heterocycles. The van der Waals surface area contributed by atoms with Crippen LogP contribution in [0.5, 0.6) is 0 Å². The molecule has 0 unspecified atom stereocenters. The van der Waals surface area contributed by atoms with E-state index in [1.807, 2.05) is 0 Å². The lowest BCUT2D eigenvalue weighted by Crippen LogP contribution is -1.77. The number of rotatable bonds is 5. The molecule has 0 bridgehead atoms. The van der Waals surface area contributed by atoms with Gasteiger partial charge in [-0.1, -0.05) is 136 Å². The molecule has 0 aliphatic heterocycles. The molecule has 0 aromatic carbocycles. The molecular weight excluding hydrogens is 300 g/mol. The fourth-order valence-electron chi connectivity index (χ4n) is 0. The quantitative estimate of drug-likeness (QED) is 0.457. The predicted octanol–water partition coefficient (Wildman–Crippen LogP) is 10.3. The molecule has 0 atom stereocenters. The predicted molar refractivity (Wildman–Crippen MR) is 126 cm³/mol. The Bertz CT molecular complexity index is 116. The van der Waals surface area contributed by atoms with Crippen molar-refractivity contribution >= 4 is 0 Å². The second-order valence-corrected chi connectivity index (χ2v) is 9.01. The number of hydrogen-bond donors (Lipinski definition) is 0. The normalized spacial score (nSPS) is 9.60. The van der Waals surface area contributed by atoms with Crippen LogP contribution >= 0.6 is 0 Å². The summed E-state index contributed by atoms with van der Waals surface area (Å²) in [5.41, 5.74) is 0. The van der Waals surface area contributed by atoms with Crippen LogP contribution in [-0.4, -0.2) is 0 Å². The van der Waals surface area contributed by atoms with Crippen molar-refractivity contribution in [3.05, 3.63) is 0 Å². The third-order valence-corrected chi connectivity index (χ3v) is 4.08. The van der Waals surface area contributed by atoms with Gasteiger partial charge in [0.05, 0.1) is 0 Å². The van der Waals surface area contributed by atoms with E-state index in [1.165, 1.54) is 32.1 Å². The van der Waals surface area contributed by atoms with Crippen molar-refractivity contribution in [2.45, 2.75) is 136 Å². The van der Waals surface area contributed by atoms with Gasteiger partial charge in [-0.2, -0.15) is 0 Å². The maximum atomic E-state index is 2.22. The molecular formula is C25H60. The van der Waals surface area contributed by atoms with Gasteiger partial charge in [0.25, 0.3) is 0 Å². The highest BCUT2D eigenvalue weighted by Crippen LogP contribution is 1.95. The van der Waals surface area contributed by atoms with E-state index in [2.05, 4.69) is 104 Å². The van der Waals surface area contributed by atoms with Gasteiger partial charge in [0, 0.05) is 0 Å². The second-order valence-electron chi connectivity index (χ2n) is 9.01. The van der Waals surface area contributed by atoms with E-state index < -0.39 is 0 Å². The van der Waals surface area contributed by atoms with E-state index in [4.69, 9.17) is 0 Å². The van der Waals surface area contributed by atoms with E-state index in [0.717, 1.165) is 29.6 Å². The van der Waals surface area contributed by atoms with Gasteiger partial charge in [-0.05, 0) is 29.6 Å². The molecule has 0 rings (SSSR count). The van der Waals surface area contributed by atoms with Gasteiger partial charge in [0.15, 0.2) is 0 Å². The summed E-state index contributed by atoms with van der Waals surface area (Å²) >= 11 is 0. The lowest BCUT2D eigenvalue weighted by molar-refractivity contribution is 0.626. The summed E-state index contributed by atoms with van der Waals surface area (Å²) in [6, 6.07) is 0. The molecule has 160 valence electrons. The molecule has 0 aliphatic carbocycles. The zero-order chi connectivity index (χ0) is 21.4. The van der Waals surface area contributed by atoms with Crippen molar-refractivity contribution in [3.8, 4) is 0 Å². The molecule has 0 fully saturated rings. The SMILES string of the molecule is CCC(C)C.CCC(C)C.CCC(C)C.CCC(C)C.CCC(C)C. The Kier molecular flexibility index (Phi) is 45.7. The fraction of sp³-hybridized carbons (Fsp3) is 1.00. The molecule has 0 N–H and O–H groups in total. The first-order chi connectivity index (χ1) is 11.4. The zero-order valence-electron chi connectivity index (χ0n) is 21.4. The van der Waals surface area contributed by atoms with Crippen molar-refractivity contribution in [2.75, 3.05) is 0 Å². The standard InChI is InChI=1S/5C5H12/c5*1-4-5(2)3/h5*5H,4H2,1-3H3. The minimum absolute atomic E-state index is 0.884. The molecule has 0 amide bonds. The van der Waals surface area contributed by atoms with Crippen LogP contribution in [0.1, 0.15) is 136 Å². The van der Waals surface area contributed by atoms with Crippen molar-refractivity contribution in [3.63, 3.8) is 0 Å². The van der Waals surface area contributed by atoms with Crippen molar-refractivity contribution in [2.24, 2.45) is 29.6 Å². The highest BCUT2D eigenvalue weighted by atomic mass is 13.9. The van der Waals surface area contributed by atoms with Gasteiger partial charge in [-0.15, -0.1) is 0 Å². The van der Waals surface area contributed by atoms with Crippen LogP contribution in [0.25, 0.3) is 0 Å². The Morgan fingerprint density at radius 2 is 0.320 bits per heavy atom. The van der Waals surface area contributed by atoms with Crippen LogP contribution in [-0.2, 0) is 0 Å². The van der Waals surface area contributed by atoms with Gasteiger partial charge >= 0.3 is 0 Å². The maximum Gasteiger partial charge on any atom is -0.0474 e. The highest BCUT2D eigenvalue weighted by molar-refractivity contribution is 4.34. The van der Waals surface area contributed by atoms with E-state index in [1.54, 1.807) is 0 Å². The van der Waals surface area contributed by atoms with Crippen LogP contribution in [0.3, 0.4) is 0 Å². The summed E-state index contributed by atoms with van der Waals surface area (Å²) in [6.07, 6.45) is 6.53. The largest absolute Gasteiger partial charge is 0.0651 e. The van der Waals surface area contributed by atoms with Crippen molar-refractivity contribution in [1.82, 2.24) is 0 Å². The Morgan fingerprint density at radius 1 is 0.280 bits per heavy atom. The Labute approximate surface area is 166 Å². The molecule has 0 radical (unpaired) electrons. The molecule has 0 saturated carbocycles. The second kappa shape index (κ2) is 31.7. The molecule has 0 saturated heterocycles. The van der Waals surface area contributed by atoms with E-state index in [9.17, 15) is 0 Å². The van der Waals surface area contributed by atoms with Crippen LogP contribution in [0, 0.1) is 29.6 Å². The van der Waals surface area contributed by atoms with E-state index in [-0.39, 0.29) is 0 Å². The summed E-state index contributed by atoms with van der Waals surface area (Å²) < 4.78 is 0. The first kappa shape index (κ1) is 36.0. The smallest absolute Gasteiger partial charge is 0.0474 e. The maximum absolute atomic E-state index is 2.22. The third-order valence-electron chi connectivity index (χ3n) is 4.08. The fourth-order valence-corrected chi connectivity index (χ4v) is 0. The Balaban J connectivity index is -0.0000000667. The average molecular weight is 361 g/mol. The lowest BCUT2D eigenvalue weighted by atomic mass is 10.2. The molecule has 0 aromatic rings. The van der Waals surface area contributed by atoms with Crippen molar-refractivity contribution in [1.29, 1.82) is 0 Å². The van der Waals surface area contributed by atoms with Crippen LogP contribution in [0.2, 0.25) is 0 Å². The van der Waals surface area contributed by atoms with E-state index >= 15 is 0 Å². The van der Waals surface area contributed by atoms with Crippen molar-refractivity contribution < 1.29 is 0 Å². The average Bonchev–Trinajstić information content (AvgIpc) is 2.56. The summed E-state index contributed by atoms with van der Waals surface area (Å²) in [7, 11) is 0. The Hall–Kier alpha value is 0. The number of hydrogen-bond acceptors (Lipinski definition) is 0. The molecule has 25 heavy (non-hydrogen) atoms. The monoisotopic (exact) mass is 360 g/mol. The summed E-state index contributed by atoms with van der Waals surface area (Å²) in [5, 5.41) is 0. The summed E-state index contributed by atoms with van der Waals surface area (Å²) in [6.45, 7) is 33.2. The van der Waals surface area contributed by atoms with E-state index in [0.29, 0.717) is 0 Å². The highest BCUT2D eigenvalue weighted by Gasteiger charge is 1.81. The zero-order valence-corrected chi connectivity index (χ0v) is 21.4. The third kappa shape index (κ3) is 116. The van der Waals surface area contributed by atoms with Gasteiger partial charge in [-0.25, -0.2) is 0 Å². The molecule has 0 heteroatoms. The summed E-state index contributed by atoms with van der Waals surface area (Å²) in [5.74, 6) is 4.42. The minimum Gasteiger partial charge on any atom is -0.0651 e. The summed E-state index contributed by atoms with van der Waals surface area (Å²) in [4.78, 5) is 0. The van der Waals surface area contributed by atoms with Gasteiger partial charge in [-0.3, -0.25) is 0 Å². The lowest BCUT2D eigenvalue weighted by Gasteiger charge is -1.90. The van der Waals surface area contributed by atoms with Crippen LogP contribution in [0.4, 0.5) is 0 Å². The molecule has 0 nitrogen and oxygen atoms in total. The van der Waals surface area contributed by atoms with Gasteiger partial charge in [0.2, 0.25) is 0 Å². The molecule has 0 aliphatic rings. The first-order valence-electron chi connectivity index (χ1n) is 11.4. The minimum atomic E-state index is 0.884. The Morgan fingerprint density at radius 3 is 0.320 bits per heavy atom. The van der Waals surface area contributed by atoms with Crippen LogP contribution in [0.15, 0.2) is 0 Å². The molecule has 0 aromatic heterocycles. The topological polar surface area (TPSA) is 0 Å². The first-order valence-corrected chi connectivity index (χ1v) is 11.4. The van der Waals surface area contributed by atoms with Gasteiger partial charge < -0.3 is 0 Å². The van der Waals surface area contributed by atoms with Crippen LogP contribution < -0.4 is 0 Å². The van der Waals surface area contributed by atoms with Gasteiger partial charge in [0.1, 0.15) is 0 Å². The molecule has 0 spiro atoms.